The molecule has 0 aromatic rings. The molecule has 0 aliphatic carbocycles. The fourth-order valence-electron chi connectivity index (χ4n) is 3.16. The van der Waals surface area contributed by atoms with E-state index in [9.17, 15) is 38.4 Å². The van der Waals surface area contributed by atoms with Gasteiger partial charge in [0.25, 0.3) is 11.9 Å². The van der Waals surface area contributed by atoms with Crippen LogP contribution in [0.15, 0.2) is 0 Å². The molecule has 6 N–H and O–H groups in total. The molecule has 0 saturated heterocycles. The molecule has 16 nitrogen and oxygen atoms in total. The van der Waals surface area contributed by atoms with E-state index in [0.717, 1.165) is 39.5 Å². The maximum absolute atomic E-state index is 10.6. The Balaban J connectivity index is -0.0000000721. The maximum atomic E-state index is 10.6. The third-order valence-electron chi connectivity index (χ3n) is 5.46. The zero-order valence-electron chi connectivity index (χ0n) is 31.1. The van der Waals surface area contributed by atoms with Gasteiger partial charge in [-0.1, -0.05) is 53.4 Å². The van der Waals surface area contributed by atoms with Crippen LogP contribution in [0.1, 0.15) is 121 Å². The number of carbonyl (C=O) groups excluding carboxylic acids is 4. The molecule has 0 amide bonds. The van der Waals surface area contributed by atoms with Crippen molar-refractivity contribution in [2.24, 2.45) is 23.7 Å². The summed E-state index contributed by atoms with van der Waals surface area (Å²) in [6, 6.07) is 0. The van der Waals surface area contributed by atoms with Crippen LogP contribution < -0.4 is 0 Å². The minimum absolute atomic E-state index is 0. The fraction of sp³-hybridized carbons (Fsp3) is 0.688. The van der Waals surface area contributed by atoms with Gasteiger partial charge in [-0.15, -0.1) is 0 Å². The molecule has 4 atom stereocenters. The summed E-state index contributed by atoms with van der Waals surface area (Å²) in [7, 11) is 0. The summed E-state index contributed by atoms with van der Waals surface area (Å²) in [5.41, 5.74) is 0. The van der Waals surface area contributed by atoms with Gasteiger partial charge in [0.05, 0.1) is 0 Å². The van der Waals surface area contributed by atoms with Crippen LogP contribution in [0.3, 0.4) is 0 Å². The standard InChI is InChI=1S/4C7H12O3.2C2H4O2.2Sn.4H/c4*1-3-4-6(5(2)8)7(9)10;2*1-2(3)4;;;;;;/h4*6H,3-4H2,1-2H3,(H,9,10);2*1H3,(H,3,4);;;;;;. The van der Waals surface area contributed by atoms with Gasteiger partial charge in [0, 0.05) is 13.8 Å². The van der Waals surface area contributed by atoms with E-state index in [4.69, 9.17) is 40.2 Å². The van der Waals surface area contributed by atoms with Crippen molar-refractivity contribution in [3.05, 3.63) is 0 Å². The Morgan fingerprint density at radius 2 is 0.440 bits per heavy atom. The minimum atomic E-state index is -1.01. The first kappa shape index (κ1) is 65.5. The van der Waals surface area contributed by atoms with Crippen molar-refractivity contribution in [3.63, 3.8) is 0 Å². The Kier molecular flexibility index (Phi) is 55.3. The van der Waals surface area contributed by atoms with Crippen molar-refractivity contribution in [1.82, 2.24) is 0 Å². The zero-order valence-corrected chi connectivity index (χ0v) is 39.2. The quantitative estimate of drug-likeness (QED) is 0.0958. The summed E-state index contributed by atoms with van der Waals surface area (Å²) >= 11 is 0. The first-order chi connectivity index (χ1) is 21.8. The van der Waals surface area contributed by atoms with Gasteiger partial charge < -0.3 is 30.6 Å². The van der Waals surface area contributed by atoms with Crippen molar-refractivity contribution >= 4 is 107 Å². The Bertz CT molecular complexity index is 816. The second-order valence-electron chi connectivity index (χ2n) is 10.2. The van der Waals surface area contributed by atoms with Crippen LogP contribution in [0, 0.1) is 23.7 Å². The van der Waals surface area contributed by atoms with E-state index in [-0.39, 0.29) is 70.9 Å². The monoisotopic (exact) mass is 940 g/mol. The second-order valence-corrected chi connectivity index (χ2v) is 10.2. The molecule has 18 heteroatoms. The molecule has 292 valence electrons. The number of rotatable bonds is 16. The van der Waals surface area contributed by atoms with E-state index in [1.165, 1.54) is 27.7 Å². The van der Waals surface area contributed by atoms with Crippen LogP contribution in [0.5, 0.6) is 0 Å². The molecule has 0 fully saturated rings. The molecule has 0 bridgehead atoms. The number of carboxylic acid groups (broad SMARTS) is 6. The SMILES string of the molecule is CC(=O)O.CC(=O)O.CCCC(C(C)=O)C(=O)O.CCCC(C(C)=O)C(=O)O.CCCC(C(C)=O)C(=O)O.CCCC(C(C)=O)C(=O)O.[SnH2].[SnH2]. The van der Waals surface area contributed by atoms with E-state index >= 15 is 0 Å². The molecule has 0 heterocycles. The average molecular weight is 938 g/mol. The van der Waals surface area contributed by atoms with Crippen molar-refractivity contribution in [3.8, 4) is 0 Å². The van der Waals surface area contributed by atoms with Crippen molar-refractivity contribution < 1.29 is 78.6 Å². The van der Waals surface area contributed by atoms with Crippen LogP contribution in [0.2, 0.25) is 0 Å². The molecule has 0 rings (SSSR count). The number of hydrogen-bond donors (Lipinski definition) is 6. The molecular weight excluding hydrogens is 878 g/mol. The number of carboxylic acids is 6. The number of aliphatic carboxylic acids is 6. The first-order valence-electron chi connectivity index (χ1n) is 15.2. The Morgan fingerprint density at radius 3 is 0.460 bits per heavy atom. The van der Waals surface area contributed by atoms with Gasteiger partial charge in [0.15, 0.2) is 0 Å². The van der Waals surface area contributed by atoms with Gasteiger partial charge in [-0.3, -0.25) is 47.9 Å². The molecule has 4 unspecified atom stereocenters. The third kappa shape index (κ3) is 51.9. The van der Waals surface area contributed by atoms with E-state index in [0.29, 0.717) is 25.7 Å². The molecule has 0 aliphatic heterocycles. The second kappa shape index (κ2) is 42.3. The van der Waals surface area contributed by atoms with E-state index in [1.54, 1.807) is 0 Å². The van der Waals surface area contributed by atoms with E-state index < -0.39 is 59.5 Å². The van der Waals surface area contributed by atoms with Gasteiger partial charge in [-0.05, 0) is 53.4 Å². The Labute approximate surface area is 328 Å². The summed E-state index contributed by atoms with van der Waals surface area (Å²) in [6.07, 6.45) is 4.73. The fourth-order valence-corrected chi connectivity index (χ4v) is 3.16. The van der Waals surface area contributed by atoms with E-state index in [2.05, 4.69) is 0 Å². The van der Waals surface area contributed by atoms with Gasteiger partial charge in [-0.25, -0.2) is 0 Å². The Hall–Kier alpha value is -2.90. The van der Waals surface area contributed by atoms with Crippen LogP contribution >= 0.6 is 0 Å². The summed E-state index contributed by atoms with van der Waals surface area (Å²) in [5, 5.41) is 48.6. The summed E-state index contributed by atoms with van der Waals surface area (Å²) < 4.78 is 0. The number of carbonyl (C=O) groups is 10. The van der Waals surface area contributed by atoms with Crippen LogP contribution in [0.4, 0.5) is 0 Å². The first-order valence-corrected chi connectivity index (χ1v) is 15.2. The van der Waals surface area contributed by atoms with Crippen molar-refractivity contribution in [2.45, 2.75) is 121 Å². The zero-order chi connectivity index (χ0) is 39.7. The van der Waals surface area contributed by atoms with Crippen molar-refractivity contribution in [2.75, 3.05) is 0 Å². The van der Waals surface area contributed by atoms with Gasteiger partial charge in [0.2, 0.25) is 0 Å². The van der Waals surface area contributed by atoms with Crippen molar-refractivity contribution in [1.29, 1.82) is 0 Å². The molecule has 0 aromatic carbocycles. The Morgan fingerprint density at radius 1 is 0.340 bits per heavy atom. The predicted molar refractivity (Wildman–Crippen MR) is 191 cm³/mol. The van der Waals surface area contributed by atoms with E-state index in [1.807, 2.05) is 27.7 Å². The number of Topliss-reactive ketones (excluding diaryl/α,β-unsaturated/α-hetero) is 4. The topological polar surface area (TPSA) is 292 Å². The molecular formula is C32H60O16Sn2. The summed E-state index contributed by atoms with van der Waals surface area (Å²) in [4.78, 5) is 102. The molecule has 4 radical (unpaired) electrons. The van der Waals surface area contributed by atoms with Gasteiger partial charge >= 0.3 is 71.7 Å². The van der Waals surface area contributed by atoms with Gasteiger partial charge in [0.1, 0.15) is 46.8 Å². The molecule has 0 saturated carbocycles. The van der Waals surface area contributed by atoms with Crippen LogP contribution in [-0.2, 0) is 47.9 Å². The third-order valence-corrected chi connectivity index (χ3v) is 5.46. The molecule has 0 spiro atoms. The molecule has 50 heavy (non-hydrogen) atoms. The van der Waals surface area contributed by atoms with Crippen LogP contribution in [0.25, 0.3) is 0 Å². The summed E-state index contributed by atoms with van der Waals surface area (Å²) in [6.45, 7) is 14.9. The molecule has 0 aromatic heterocycles. The van der Waals surface area contributed by atoms with Gasteiger partial charge in [-0.2, -0.15) is 0 Å². The number of hydrogen-bond acceptors (Lipinski definition) is 10. The summed E-state index contributed by atoms with van der Waals surface area (Å²) in [5.74, 6) is -9.86. The number of ketones is 4. The van der Waals surface area contributed by atoms with Crippen LogP contribution in [-0.4, -0.2) is 137 Å². The predicted octanol–water partition coefficient (Wildman–Crippen LogP) is 2.65. The molecule has 0 aliphatic rings. The normalized spacial score (nSPS) is 11.1. The average Bonchev–Trinajstić information content (AvgIpc) is 2.91.